The SMILES string of the molecule is CCCc1nsc(N2C3CCC2C(C(=O)O)C3)n1. The van der Waals surface area contributed by atoms with Crippen LogP contribution in [0.5, 0.6) is 0 Å². The van der Waals surface area contributed by atoms with Gasteiger partial charge in [-0.05, 0) is 25.7 Å². The molecular weight excluding hydrogens is 250 g/mol. The van der Waals surface area contributed by atoms with Crippen molar-refractivity contribution in [2.24, 2.45) is 5.92 Å². The molecule has 0 spiro atoms. The Labute approximate surface area is 110 Å². The van der Waals surface area contributed by atoms with Crippen molar-refractivity contribution in [3.05, 3.63) is 5.82 Å². The van der Waals surface area contributed by atoms with Gasteiger partial charge in [0.25, 0.3) is 0 Å². The number of fused-ring (bicyclic) bond motifs is 2. The van der Waals surface area contributed by atoms with Crippen LogP contribution in [0.1, 0.15) is 38.4 Å². The highest BCUT2D eigenvalue weighted by atomic mass is 32.1. The quantitative estimate of drug-likeness (QED) is 0.903. The van der Waals surface area contributed by atoms with E-state index in [0.29, 0.717) is 6.04 Å². The zero-order valence-corrected chi connectivity index (χ0v) is 11.2. The van der Waals surface area contributed by atoms with Gasteiger partial charge in [0.15, 0.2) is 0 Å². The molecule has 0 amide bonds. The molecule has 5 nitrogen and oxygen atoms in total. The maximum Gasteiger partial charge on any atom is 0.308 e. The summed E-state index contributed by atoms with van der Waals surface area (Å²) in [6, 6.07) is 0.494. The van der Waals surface area contributed by atoms with Gasteiger partial charge in [-0.1, -0.05) is 6.92 Å². The molecule has 3 unspecified atom stereocenters. The second-order valence-corrected chi connectivity index (χ2v) is 5.86. The van der Waals surface area contributed by atoms with Crippen molar-refractivity contribution < 1.29 is 9.90 Å². The average molecular weight is 267 g/mol. The smallest absolute Gasteiger partial charge is 0.308 e. The Hall–Kier alpha value is -1.17. The Bertz CT molecular complexity index is 462. The largest absolute Gasteiger partial charge is 0.481 e. The summed E-state index contributed by atoms with van der Waals surface area (Å²) >= 11 is 1.42. The molecule has 0 saturated carbocycles. The third-order valence-electron chi connectivity index (χ3n) is 4.01. The highest BCUT2D eigenvalue weighted by molar-refractivity contribution is 7.09. The first kappa shape index (κ1) is 11.9. The number of hydrogen-bond acceptors (Lipinski definition) is 5. The Morgan fingerprint density at radius 3 is 3.06 bits per heavy atom. The van der Waals surface area contributed by atoms with Crippen LogP contribution in [0.3, 0.4) is 0 Å². The summed E-state index contributed by atoms with van der Waals surface area (Å²) in [5.74, 6) is 0.0171. The van der Waals surface area contributed by atoms with Crippen molar-refractivity contribution >= 4 is 22.6 Å². The average Bonchev–Trinajstić information content (AvgIpc) is 3.01. The van der Waals surface area contributed by atoms with E-state index in [-0.39, 0.29) is 12.0 Å². The maximum atomic E-state index is 11.2. The van der Waals surface area contributed by atoms with Crippen molar-refractivity contribution in [2.45, 2.75) is 51.1 Å². The lowest BCUT2D eigenvalue weighted by Crippen LogP contribution is -2.32. The van der Waals surface area contributed by atoms with Crippen molar-refractivity contribution in [1.82, 2.24) is 9.36 Å². The van der Waals surface area contributed by atoms with E-state index in [0.717, 1.165) is 43.1 Å². The summed E-state index contributed by atoms with van der Waals surface area (Å²) in [6.07, 6.45) is 4.78. The molecule has 2 aliphatic heterocycles. The van der Waals surface area contributed by atoms with Crippen LogP contribution in [0.25, 0.3) is 0 Å². The molecule has 1 N–H and O–H groups in total. The number of nitrogens with zero attached hydrogens (tertiary/aromatic N) is 3. The molecular formula is C12H17N3O2S. The number of hydrogen-bond donors (Lipinski definition) is 1. The lowest BCUT2D eigenvalue weighted by Gasteiger charge is -2.21. The van der Waals surface area contributed by atoms with Gasteiger partial charge < -0.3 is 10.0 Å². The fourth-order valence-electron chi connectivity index (χ4n) is 3.23. The van der Waals surface area contributed by atoms with E-state index in [1.165, 1.54) is 11.5 Å². The molecule has 3 heterocycles. The van der Waals surface area contributed by atoms with Crippen LogP contribution in [-0.4, -0.2) is 32.5 Å². The van der Waals surface area contributed by atoms with Crippen LogP contribution < -0.4 is 4.90 Å². The van der Waals surface area contributed by atoms with E-state index in [4.69, 9.17) is 0 Å². The van der Waals surface area contributed by atoms with E-state index in [9.17, 15) is 9.90 Å². The van der Waals surface area contributed by atoms with Gasteiger partial charge in [-0.3, -0.25) is 4.79 Å². The highest BCUT2D eigenvalue weighted by Gasteiger charge is 2.50. The number of carbonyl (C=O) groups is 1. The third-order valence-corrected chi connectivity index (χ3v) is 4.77. The molecule has 0 radical (unpaired) electrons. The molecule has 2 bridgehead atoms. The lowest BCUT2D eigenvalue weighted by molar-refractivity contribution is -0.142. The summed E-state index contributed by atoms with van der Waals surface area (Å²) in [5, 5.41) is 10.2. The van der Waals surface area contributed by atoms with Crippen LogP contribution in [0.2, 0.25) is 0 Å². The minimum atomic E-state index is -0.662. The zero-order chi connectivity index (χ0) is 12.7. The predicted octanol–water partition coefficient (Wildman–Crippen LogP) is 1.93. The van der Waals surface area contributed by atoms with Gasteiger partial charge >= 0.3 is 5.97 Å². The monoisotopic (exact) mass is 267 g/mol. The predicted molar refractivity (Wildman–Crippen MR) is 68.9 cm³/mol. The van der Waals surface area contributed by atoms with Gasteiger partial charge in [0, 0.05) is 30.0 Å². The van der Waals surface area contributed by atoms with E-state index < -0.39 is 5.97 Å². The topological polar surface area (TPSA) is 66.3 Å². The number of carboxylic acid groups (broad SMARTS) is 1. The number of aryl methyl sites for hydroxylation is 1. The normalized spacial score (nSPS) is 30.1. The number of rotatable bonds is 4. The molecule has 98 valence electrons. The van der Waals surface area contributed by atoms with E-state index in [2.05, 4.69) is 21.2 Å². The first-order valence-electron chi connectivity index (χ1n) is 6.54. The molecule has 2 fully saturated rings. The fraction of sp³-hybridized carbons (Fsp3) is 0.750. The first-order chi connectivity index (χ1) is 8.70. The van der Waals surface area contributed by atoms with Crippen molar-refractivity contribution in [3.63, 3.8) is 0 Å². The van der Waals surface area contributed by atoms with Gasteiger partial charge in [-0.2, -0.15) is 4.37 Å². The maximum absolute atomic E-state index is 11.2. The number of aromatic nitrogens is 2. The second-order valence-electron chi connectivity index (χ2n) is 5.13. The summed E-state index contributed by atoms with van der Waals surface area (Å²) in [5.41, 5.74) is 0. The van der Waals surface area contributed by atoms with Gasteiger partial charge in [-0.25, -0.2) is 4.98 Å². The third kappa shape index (κ3) is 1.79. The highest BCUT2D eigenvalue weighted by Crippen LogP contribution is 2.44. The molecule has 3 atom stereocenters. The van der Waals surface area contributed by atoms with E-state index in [1.807, 2.05) is 0 Å². The lowest BCUT2D eigenvalue weighted by atomic mass is 9.89. The summed E-state index contributed by atoms with van der Waals surface area (Å²) in [4.78, 5) is 18.0. The second kappa shape index (κ2) is 4.50. The minimum Gasteiger partial charge on any atom is -0.481 e. The molecule has 18 heavy (non-hydrogen) atoms. The van der Waals surface area contributed by atoms with Gasteiger partial charge in [0.1, 0.15) is 5.82 Å². The summed E-state index contributed by atoms with van der Waals surface area (Å²) in [6.45, 7) is 2.11. The van der Waals surface area contributed by atoms with Gasteiger partial charge in [0.05, 0.1) is 5.92 Å². The molecule has 1 aromatic rings. The van der Waals surface area contributed by atoms with Crippen LogP contribution in [-0.2, 0) is 11.2 Å². The van der Waals surface area contributed by atoms with E-state index >= 15 is 0 Å². The Morgan fingerprint density at radius 1 is 1.56 bits per heavy atom. The molecule has 3 rings (SSSR count). The van der Waals surface area contributed by atoms with Gasteiger partial charge in [0.2, 0.25) is 5.13 Å². The molecule has 2 aliphatic rings. The molecule has 2 saturated heterocycles. The Morgan fingerprint density at radius 2 is 2.39 bits per heavy atom. The number of aliphatic carboxylic acids is 1. The molecule has 0 aliphatic carbocycles. The van der Waals surface area contributed by atoms with Crippen LogP contribution in [0.4, 0.5) is 5.13 Å². The van der Waals surface area contributed by atoms with Gasteiger partial charge in [-0.15, -0.1) is 0 Å². The standard InChI is InChI=1S/C12H17N3O2S/c1-2-3-10-13-12(18-14-10)15-7-4-5-9(15)8(6-7)11(16)17/h7-9H,2-6H2,1H3,(H,16,17). The molecule has 0 aromatic carbocycles. The Balaban J connectivity index is 1.82. The molecule has 6 heteroatoms. The first-order valence-corrected chi connectivity index (χ1v) is 7.31. The minimum absolute atomic E-state index is 0.134. The van der Waals surface area contributed by atoms with Crippen LogP contribution >= 0.6 is 11.5 Å². The van der Waals surface area contributed by atoms with Crippen molar-refractivity contribution in [2.75, 3.05) is 4.90 Å². The Kier molecular flexibility index (Phi) is 2.97. The van der Waals surface area contributed by atoms with E-state index in [1.54, 1.807) is 0 Å². The number of carboxylic acids is 1. The van der Waals surface area contributed by atoms with Crippen LogP contribution in [0, 0.1) is 5.92 Å². The number of anilines is 1. The van der Waals surface area contributed by atoms with Crippen LogP contribution in [0.15, 0.2) is 0 Å². The van der Waals surface area contributed by atoms with Crippen molar-refractivity contribution in [1.29, 1.82) is 0 Å². The molecule has 1 aromatic heterocycles. The summed E-state index contributed by atoms with van der Waals surface area (Å²) < 4.78 is 4.36. The zero-order valence-electron chi connectivity index (χ0n) is 10.4. The fourth-order valence-corrected chi connectivity index (χ4v) is 4.07. The summed E-state index contributed by atoms with van der Waals surface area (Å²) in [7, 11) is 0. The van der Waals surface area contributed by atoms with Crippen molar-refractivity contribution in [3.8, 4) is 0 Å².